The van der Waals surface area contributed by atoms with E-state index in [0.717, 1.165) is 25.1 Å². The smallest absolute Gasteiger partial charge is 0.0936 e. The third kappa shape index (κ3) is 2.12. The van der Waals surface area contributed by atoms with Crippen LogP contribution in [0.15, 0.2) is 0 Å². The van der Waals surface area contributed by atoms with Crippen molar-refractivity contribution in [1.82, 2.24) is 4.90 Å². The van der Waals surface area contributed by atoms with Gasteiger partial charge in [0.1, 0.15) is 0 Å². The van der Waals surface area contributed by atoms with E-state index in [0.29, 0.717) is 11.6 Å². The predicted octanol–water partition coefficient (Wildman–Crippen LogP) is 2.28. The van der Waals surface area contributed by atoms with Crippen LogP contribution < -0.4 is 0 Å². The monoisotopic (exact) mass is 197 g/mol. The van der Waals surface area contributed by atoms with E-state index in [-0.39, 0.29) is 0 Å². The van der Waals surface area contributed by atoms with Crippen molar-refractivity contribution in [2.75, 3.05) is 13.2 Å². The van der Waals surface area contributed by atoms with Crippen LogP contribution in [0.5, 0.6) is 0 Å². The molecule has 2 fully saturated rings. The summed E-state index contributed by atoms with van der Waals surface area (Å²) < 4.78 is 5.34. The third-order valence-electron chi connectivity index (χ3n) is 3.70. The minimum absolute atomic E-state index is 0.364. The molecule has 2 heteroatoms. The van der Waals surface area contributed by atoms with Crippen molar-refractivity contribution in [3.8, 4) is 0 Å². The van der Waals surface area contributed by atoms with E-state index in [4.69, 9.17) is 4.74 Å². The summed E-state index contributed by atoms with van der Waals surface area (Å²) in [4.78, 5) is 2.64. The average Bonchev–Trinajstić information content (AvgIpc) is 2.78. The first kappa shape index (κ1) is 10.4. The van der Waals surface area contributed by atoms with Crippen LogP contribution in [-0.4, -0.2) is 35.7 Å². The lowest BCUT2D eigenvalue weighted by molar-refractivity contribution is 0.00324. The van der Waals surface area contributed by atoms with E-state index in [1.54, 1.807) is 0 Å². The lowest BCUT2D eigenvalue weighted by Crippen LogP contribution is -2.55. The fourth-order valence-electron chi connectivity index (χ4n) is 3.18. The van der Waals surface area contributed by atoms with Crippen LogP contribution in [0.3, 0.4) is 0 Å². The summed E-state index contributed by atoms with van der Waals surface area (Å²) in [5.41, 5.74) is 0.364. The molecule has 14 heavy (non-hydrogen) atoms. The maximum Gasteiger partial charge on any atom is 0.0936 e. The van der Waals surface area contributed by atoms with Gasteiger partial charge in [0, 0.05) is 18.1 Å². The molecule has 3 atom stereocenters. The first-order valence-electron chi connectivity index (χ1n) is 5.87. The molecule has 0 saturated carbocycles. The Morgan fingerprint density at radius 3 is 2.50 bits per heavy atom. The highest BCUT2D eigenvalue weighted by Crippen LogP contribution is 2.35. The highest BCUT2D eigenvalue weighted by Gasteiger charge is 2.40. The van der Waals surface area contributed by atoms with Crippen molar-refractivity contribution >= 4 is 0 Å². The minimum atomic E-state index is 0.364. The zero-order valence-corrected chi connectivity index (χ0v) is 9.92. The Hall–Kier alpha value is -0.0800. The molecule has 2 nitrogen and oxygen atoms in total. The first-order chi connectivity index (χ1) is 6.49. The molecule has 2 saturated heterocycles. The SMILES string of the molecule is CC1CC(C)N(CC2CO2)C(C)(C)C1. The fraction of sp³-hybridized carbons (Fsp3) is 1.00. The van der Waals surface area contributed by atoms with Gasteiger partial charge in [0.15, 0.2) is 0 Å². The summed E-state index contributed by atoms with van der Waals surface area (Å²) in [5, 5.41) is 0. The van der Waals surface area contributed by atoms with Crippen LogP contribution in [-0.2, 0) is 4.74 Å². The molecule has 0 aromatic rings. The number of ether oxygens (including phenoxy) is 1. The maximum absolute atomic E-state index is 5.34. The highest BCUT2D eigenvalue weighted by atomic mass is 16.6. The zero-order valence-electron chi connectivity index (χ0n) is 9.92. The van der Waals surface area contributed by atoms with Crippen molar-refractivity contribution in [1.29, 1.82) is 0 Å². The van der Waals surface area contributed by atoms with Crippen LogP contribution in [0.1, 0.15) is 40.5 Å². The van der Waals surface area contributed by atoms with Gasteiger partial charge in [-0.1, -0.05) is 6.92 Å². The Morgan fingerprint density at radius 1 is 1.36 bits per heavy atom. The van der Waals surface area contributed by atoms with Crippen molar-refractivity contribution in [2.45, 2.75) is 58.2 Å². The van der Waals surface area contributed by atoms with E-state index < -0.39 is 0 Å². The van der Waals surface area contributed by atoms with Gasteiger partial charge < -0.3 is 4.74 Å². The van der Waals surface area contributed by atoms with Crippen LogP contribution in [0.2, 0.25) is 0 Å². The first-order valence-corrected chi connectivity index (χ1v) is 5.87. The summed E-state index contributed by atoms with van der Waals surface area (Å²) >= 11 is 0. The quantitative estimate of drug-likeness (QED) is 0.631. The number of likely N-dealkylation sites (tertiary alicyclic amines) is 1. The number of hydrogen-bond donors (Lipinski definition) is 0. The second-order valence-electron chi connectivity index (χ2n) is 5.81. The maximum atomic E-state index is 5.34. The number of nitrogens with zero attached hydrogens (tertiary/aromatic N) is 1. The van der Waals surface area contributed by atoms with Gasteiger partial charge in [-0.25, -0.2) is 0 Å². The molecule has 0 aromatic heterocycles. The highest BCUT2D eigenvalue weighted by molar-refractivity contribution is 4.94. The van der Waals surface area contributed by atoms with Gasteiger partial charge in [-0.05, 0) is 39.5 Å². The van der Waals surface area contributed by atoms with Crippen molar-refractivity contribution in [2.24, 2.45) is 5.92 Å². The molecule has 2 aliphatic heterocycles. The van der Waals surface area contributed by atoms with E-state index in [1.807, 2.05) is 0 Å². The van der Waals surface area contributed by atoms with E-state index in [2.05, 4.69) is 32.6 Å². The molecule has 0 radical (unpaired) electrons. The molecule has 2 rings (SSSR count). The molecule has 0 N–H and O–H groups in total. The van der Waals surface area contributed by atoms with Crippen LogP contribution >= 0.6 is 0 Å². The normalized spacial score (nSPS) is 42.4. The van der Waals surface area contributed by atoms with Crippen molar-refractivity contribution in [3.05, 3.63) is 0 Å². The van der Waals surface area contributed by atoms with Gasteiger partial charge in [-0.15, -0.1) is 0 Å². The Labute approximate surface area is 87.6 Å². The summed E-state index contributed by atoms with van der Waals surface area (Å²) in [5.74, 6) is 0.872. The predicted molar refractivity (Wildman–Crippen MR) is 58.4 cm³/mol. The third-order valence-corrected chi connectivity index (χ3v) is 3.70. The molecule has 2 aliphatic rings. The van der Waals surface area contributed by atoms with E-state index in [9.17, 15) is 0 Å². The van der Waals surface area contributed by atoms with Gasteiger partial charge >= 0.3 is 0 Å². The van der Waals surface area contributed by atoms with Crippen LogP contribution in [0, 0.1) is 5.92 Å². The zero-order chi connectivity index (χ0) is 10.3. The Balaban J connectivity index is 2.02. The summed E-state index contributed by atoms with van der Waals surface area (Å²) in [6, 6.07) is 0.720. The second kappa shape index (κ2) is 3.49. The Morgan fingerprint density at radius 2 is 2.00 bits per heavy atom. The lowest BCUT2D eigenvalue weighted by atomic mass is 9.80. The largest absolute Gasteiger partial charge is 0.372 e. The molecule has 0 amide bonds. The lowest BCUT2D eigenvalue weighted by Gasteiger charge is -2.49. The molecular weight excluding hydrogens is 174 g/mol. The number of hydrogen-bond acceptors (Lipinski definition) is 2. The van der Waals surface area contributed by atoms with Gasteiger partial charge in [0.2, 0.25) is 0 Å². The Kier molecular flexibility index (Phi) is 2.61. The standard InChI is InChI=1S/C12H23NO/c1-9-5-10(2)13(7-11-8-14-11)12(3,4)6-9/h9-11H,5-8H2,1-4H3. The number of epoxide rings is 1. The van der Waals surface area contributed by atoms with E-state index in [1.165, 1.54) is 12.8 Å². The fourth-order valence-corrected chi connectivity index (χ4v) is 3.18. The molecule has 3 unspecified atom stereocenters. The molecule has 2 heterocycles. The van der Waals surface area contributed by atoms with Gasteiger partial charge in [0.05, 0.1) is 12.7 Å². The van der Waals surface area contributed by atoms with Crippen LogP contribution in [0.4, 0.5) is 0 Å². The second-order valence-corrected chi connectivity index (χ2v) is 5.81. The molecule has 82 valence electrons. The molecule has 0 bridgehead atoms. The molecule has 0 aromatic carbocycles. The van der Waals surface area contributed by atoms with Gasteiger partial charge in [-0.2, -0.15) is 0 Å². The number of rotatable bonds is 2. The topological polar surface area (TPSA) is 15.8 Å². The van der Waals surface area contributed by atoms with Gasteiger partial charge in [0.25, 0.3) is 0 Å². The minimum Gasteiger partial charge on any atom is -0.372 e. The van der Waals surface area contributed by atoms with Crippen LogP contribution in [0.25, 0.3) is 0 Å². The molecule has 0 spiro atoms. The summed E-state index contributed by atoms with van der Waals surface area (Å²) in [6.45, 7) is 11.6. The molecule has 0 aliphatic carbocycles. The van der Waals surface area contributed by atoms with Crippen molar-refractivity contribution in [3.63, 3.8) is 0 Å². The van der Waals surface area contributed by atoms with Crippen molar-refractivity contribution < 1.29 is 4.74 Å². The summed E-state index contributed by atoms with van der Waals surface area (Å²) in [7, 11) is 0. The van der Waals surface area contributed by atoms with Gasteiger partial charge in [-0.3, -0.25) is 4.90 Å². The van der Waals surface area contributed by atoms with E-state index >= 15 is 0 Å². The summed E-state index contributed by atoms with van der Waals surface area (Å²) in [6.07, 6.45) is 3.20. The Bertz CT molecular complexity index is 210. The molecular formula is C12H23NO. The average molecular weight is 197 g/mol. The number of piperidine rings is 1.